The smallest absolute Gasteiger partial charge is 0.147 e. The van der Waals surface area contributed by atoms with Crippen LogP contribution in [0.2, 0.25) is 0 Å². The molecule has 0 radical (unpaired) electrons. The van der Waals surface area contributed by atoms with Gasteiger partial charge in [-0.25, -0.2) is 0 Å². The lowest BCUT2D eigenvalue weighted by molar-refractivity contribution is 0.689. The molecule has 1 fully saturated rings. The Morgan fingerprint density at radius 1 is 1.56 bits per heavy atom. The van der Waals surface area contributed by atoms with Gasteiger partial charge >= 0.3 is 0 Å². The van der Waals surface area contributed by atoms with Gasteiger partial charge in [-0.05, 0) is 12.3 Å². The van der Waals surface area contributed by atoms with Crippen LogP contribution in [-0.2, 0) is 0 Å². The molecule has 9 heavy (non-hydrogen) atoms. The van der Waals surface area contributed by atoms with Gasteiger partial charge in [0.15, 0.2) is 0 Å². The molecule has 46 valence electrons. The van der Waals surface area contributed by atoms with Crippen molar-refractivity contribution in [2.24, 2.45) is 11.3 Å². The summed E-state index contributed by atoms with van der Waals surface area (Å²) in [5, 5.41) is 17.0. The molecule has 0 spiro atoms. The summed E-state index contributed by atoms with van der Waals surface area (Å²) < 4.78 is 0. The molecular weight excluding hydrogens is 112 g/mol. The third-order valence-corrected chi connectivity index (χ3v) is 2.00. The van der Waals surface area contributed by atoms with Crippen LogP contribution in [0, 0.1) is 34.0 Å². The normalized spacial score (nSPS) is 28.1. The topological polar surface area (TPSA) is 47.6 Å². The van der Waals surface area contributed by atoms with Crippen LogP contribution in [0.5, 0.6) is 0 Å². The second-order valence-electron chi connectivity index (χ2n) is 2.50. The molecule has 1 unspecified atom stereocenters. The maximum Gasteiger partial charge on any atom is 0.147 e. The fraction of sp³-hybridized carbons (Fsp3) is 0.714. The standard InChI is InChI=1S/C7H8N2/c1-2-6-3-7(6,4-8)5-9/h6H,2-3H2,1H3. The van der Waals surface area contributed by atoms with Gasteiger partial charge in [0, 0.05) is 0 Å². The number of nitriles is 2. The Morgan fingerprint density at radius 3 is 2.22 bits per heavy atom. The van der Waals surface area contributed by atoms with Crippen molar-refractivity contribution in [2.45, 2.75) is 19.8 Å². The highest BCUT2D eigenvalue weighted by Crippen LogP contribution is 2.53. The Hall–Kier alpha value is -1.02. The lowest BCUT2D eigenvalue weighted by atomic mass is 10.1. The second kappa shape index (κ2) is 1.74. The van der Waals surface area contributed by atoms with Crippen LogP contribution in [0.4, 0.5) is 0 Å². The summed E-state index contributed by atoms with van der Waals surface area (Å²) in [6.07, 6.45) is 1.75. The molecule has 2 nitrogen and oxygen atoms in total. The first-order valence-electron chi connectivity index (χ1n) is 3.11. The molecule has 0 aromatic carbocycles. The van der Waals surface area contributed by atoms with E-state index in [0.29, 0.717) is 5.92 Å². The van der Waals surface area contributed by atoms with Crippen molar-refractivity contribution < 1.29 is 0 Å². The van der Waals surface area contributed by atoms with E-state index >= 15 is 0 Å². The van der Waals surface area contributed by atoms with Crippen molar-refractivity contribution in [1.82, 2.24) is 0 Å². The summed E-state index contributed by atoms with van der Waals surface area (Å²) in [7, 11) is 0. The minimum absolute atomic E-state index is 0.354. The predicted molar refractivity (Wildman–Crippen MR) is 32.1 cm³/mol. The van der Waals surface area contributed by atoms with E-state index in [4.69, 9.17) is 10.5 Å². The number of hydrogen-bond donors (Lipinski definition) is 0. The van der Waals surface area contributed by atoms with Crippen molar-refractivity contribution in [3.05, 3.63) is 0 Å². The summed E-state index contributed by atoms with van der Waals surface area (Å²) in [6.45, 7) is 2.01. The van der Waals surface area contributed by atoms with E-state index in [9.17, 15) is 0 Å². The average Bonchev–Trinajstić information content (AvgIpc) is 2.63. The summed E-state index contributed by atoms with van der Waals surface area (Å²) in [6, 6.07) is 4.08. The molecular formula is C7H8N2. The van der Waals surface area contributed by atoms with Gasteiger partial charge in [0.25, 0.3) is 0 Å². The van der Waals surface area contributed by atoms with Crippen molar-refractivity contribution in [2.75, 3.05) is 0 Å². The van der Waals surface area contributed by atoms with Crippen LogP contribution in [0.15, 0.2) is 0 Å². The average molecular weight is 120 g/mol. The maximum absolute atomic E-state index is 8.49. The minimum Gasteiger partial charge on any atom is -0.197 e. The molecule has 1 aliphatic carbocycles. The van der Waals surface area contributed by atoms with E-state index in [1.54, 1.807) is 0 Å². The summed E-state index contributed by atoms with van der Waals surface area (Å²) in [4.78, 5) is 0. The Kier molecular flexibility index (Phi) is 1.18. The highest BCUT2D eigenvalue weighted by Gasteiger charge is 2.54. The van der Waals surface area contributed by atoms with Crippen molar-refractivity contribution in [3.63, 3.8) is 0 Å². The SMILES string of the molecule is CCC1CC1(C#N)C#N. The summed E-state index contributed by atoms with van der Waals surface area (Å²) in [5.74, 6) is 0.354. The first-order valence-corrected chi connectivity index (χ1v) is 3.11. The largest absolute Gasteiger partial charge is 0.197 e. The van der Waals surface area contributed by atoms with Gasteiger partial charge in [-0.3, -0.25) is 0 Å². The predicted octanol–water partition coefficient (Wildman–Crippen LogP) is 1.45. The molecule has 0 aromatic rings. The zero-order valence-corrected chi connectivity index (χ0v) is 5.39. The van der Waals surface area contributed by atoms with E-state index in [-0.39, 0.29) is 0 Å². The first-order chi connectivity index (χ1) is 4.29. The molecule has 1 atom stereocenters. The molecule has 0 saturated heterocycles. The lowest BCUT2D eigenvalue weighted by Gasteiger charge is -1.89. The first kappa shape index (κ1) is 6.11. The third kappa shape index (κ3) is 0.678. The zero-order valence-electron chi connectivity index (χ0n) is 5.39. The van der Waals surface area contributed by atoms with Gasteiger partial charge < -0.3 is 0 Å². The van der Waals surface area contributed by atoms with Gasteiger partial charge in [0.05, 0.1) is 12.1 Å². The number of nitrogens with zero attached hydrogens (tertiary/aromatic N) is 2. The summed E-state index contributed by atoms with van der Waals surface area (Å²) >= 11 is 0. The van der Waals surface area contributed by atoms with Gasteiger partial charge in [-0.1, -0.05) is 13.3 Å². The highest BCUT2D eigenvalue weighted by atomic mass is 14.6. The number of rotatable bonds is 1. The monoisotopic (exact) mass is 120 g/mol. The number of hydrogen-bond acceptors (Lipinski definition) is 2. The van der Waals surface area contributed by atoms with E-state index in [1.165, 1.54) is 0 Å². The fourth-order valence-corrected chi connectivity index (χ4v) is 1.12. The molecule has 1 rings (SSSR count). The Balaban J connectivity index is 2.64. The van der Waals surface area contributed by atoms with Gasteiger partial charge in [-0.15, -0.1) is 0 Å². The van der Waals surface area contributed by atoms with Crippen molar-refractivity contribution in [1.29, 1.82) is 10.5 Å². The van der Waals surface area contributed by atoms with E-state index in [1.807, 2.05) is 19.1 Å². The van der Waals surface area contributed by atoms with E-state index in [0.717, 1.165) is 12.8 Å². The van der Waals surface area contributed by atoms with Crippen LogP contribution in [0.25, 0.3) is 0 Å². The quantitative estimate of drug-likeness (QED) is 0.525. The second-order valence-corrected chi connectivity index (χ2v) is 2.50. The van der Waals surface area contributed by atoms with Gasteiger partial charge in [0.2, 0.25) is 0 Å². The molecule has 1 saturated carbocycles. The zero-order chi connectivity index (χ0) is 6.91. The van der Waals surface area contributed by atoms with Crippen LogP contribution in [-0.4, -0.2) is 0 Å². The Labute approximate surface area is 54.7 Å². The molecule has 0 bridgehead atoms. The van der Waals surface area contributed by atoms with Crippen LogP contribution in [0.1, 0.15) is 19.8 Å². The van der Waals surface area contributed by atoms with Crippen molar-refractivity contribution >= 4 is 0 Å². The molecule has 0 N–H and O–H groups in total. The van der Waals surface area contributed by atoms with Crippen LogP contribution < -0.4 is 0 Å². The van der Waals surface area contributed by atoms with Gasteiger partial charge in [0.1, 0.15) is 5.41 Å². The molecule has 1 aliphatic rings. The molecule has 0 aromatic heterocycles. The van der Waals surface area contributed by atoms with Crippen molar-refractivity contribution in [3.8, 4) is 12.1 Å². The van der Waals surface area contributed by atoms with Crippen LogP contribution in [0.3, 0.4) is 0 Å². The van der Waals surface area contributed by atoms with Crippen LogP contribution >= 0.6 is 0 Å². The summed E-state index contributed by atoms with van der Waals surface area (Å²) in [5.41, 5.74) is -0.589. The third-order valence-electron chi connectivity index (χ3n) is 2.00. The Morgan fingerprint density at radius 2 is 2.11 bits per heavy atom. The van der Waals surface area contributed by atoms with E-state index < -0.39 is 5.41 Å². The van der Waals surface area contributed by atoms with Gasteiger partial charge in [-0.2, -0.15) is 10.5 Å². The fourth-order valence-electron chi connectivity index (χ4n) is 1.12. The Bertz CT molecular complexity index is 180. The molecule has 0 amide bonds. The lowest BCUT2D eigenvalue weighted by Crippen LogP contribution is -1.94. The molecule has 0 aliphatic heterocycles. The van der Waals surface area contributed by atoms with E-state index in [2.05, 4.69) is 0 Å². The minimum atomic E-state index is -0.589. The molecule has 2 heteroatoms. The maximum atomic E-state index is 8.49. The molecule has 0 heterocycles. The highest BCUT2D eigenvalue weighted by molar-refractivity contribution is 5.27.